The Morgan fingerprint density at radius 2 is 1.95 bits per heavy atom. The maximum Gasteiger partial charge on any atom is 0.323 e. The fourth-order valence-electron chi connectivity index (χ4n) is 1.90. The molecule has 2 rings (SSSR count). The molecular formula is C16H15N3O. The molecule has 2 aromatic carbocycles. The molecule has 0 radical (unpaired) electrons. The van der Waals surface area contributed by atoms with Crippen molar-refractivity contribution in [2.75, 3.05) is 10.6 Å². The van der Waals surface area contributed by atoms with E-state index in [9.17, 15) is 4.79 Å². The summed E-state index contributed by atoms with van der Waals surface area (Å²) in [7, 11) is 0. The largest absolute Gasteiger partial charge is 0.323 e. The Morgan fingerprint density at radius 3 is 2.70 bits per heavy atom. The van der Waals surface area contributed by atoms with E-state index in [1.165, 1.54) is 0 Å². The molecule has 0 aliphatic heterocycles. The molecule has 2 amide bonds. The summed E-state index contributed by atoms with van der Waals surface area (Å²) in [6.45, 7) is 2.04. The van der Waals surface area contributed by atoms with Gasteiger partial charge < -0.3 is 10.6 Å². The number of benzene rings is 2. The summed E-state index contributed by atoms with van der Waals surface area (Å²) in [6, 6.07) is 16.2. The second kappa shape index (κ2) is 6.39. The first-order chi connectivity index (χ1) is 9.72. The standard InChI is InChI=1S/C16H15N3O/c1-2-13-7-3-4-9-15(13)19-16(20)18-14-8-5-6-12(10-14)11-17/h3-10H,2H2,1H3,(H2,18,19,20). The van der Waals surface area contributed by atoms with Gasteiger partial charge in [0.25, 0.3) is 0 Å². The van der Waals surface area contributed by atoms with Crippen LogP contribution in [0.5, 0.6) is 0 Å². The van der Waals surface area contributed by atoms with E-state index in [1.807, 2.05) is 37.3 Å². The van der Waals surface area contributed by atoms with Crippen LogP contribution in [-0.4, -0.2) is 6.03 Å². The normalized spacial score (nSPS) is 9.60. The highest BCUT2D eigenvalue weighted by molar-refractivity contribution is 6.00. The van der Waals surface area contributed by atoms with Crippen LogP contribution in [-0.2, 0) is 6.42 Å². The molecule has 0 saturated heterocycles. The first-order valence-electron chi connectivity index (χ1n) is 6.39. The number of nitrogens with one attached hydrogen (secondary N) is 2. The molecule has 0 unspecified atom stereocenters. The van der Waals surface area contributed by atoms with Gasteiger partial charge in [0, 0.05) is 11.4 Å². The minimum atomic E-state index is -0.319. The third-order valence-corrected chi connectivity index (χ3v) is 2.90. The molecule has 0 aliphatic rings. The van der Waals surface area contributed by atoms with Gasteiger partial charge in [0.2, 0.25) is 0 Å². The molecule has 100 valence electrons. The van der Waals surface area contributed by atoms with E-state index in [-0.39, 0.29) is 6.03 Å². The van der Waals surface area contributed by atoms with E-state index in [4.69, 9.17) is 5.26 Å². The minimum absolute atomic E-state index is 0.319. The number of anilines is 2. The van der Waals surface area contributed by atoms with Gasteiger partial charge in [0.1, 0.15) is 0 Å². The summed E-state index contributed by atoms with van der Waals surface area (Å²) in [5.41, 5.74) is 2.98. The lowest BCUT2D eigenvalue weighted by molar-refractivity contribution is 0.262. The molecule has 4 nitrogen and oxygen atoms in total. The quantitative estimate of drug-likeness (QED) is 0.887. The van der Waals surface area contributed by atoms with E-state index in [0.29, 0.717) is 11.3 Å². The van der Waals surface area contributed by atoms with Crippen molar-refractivity contribution in [1.29, 1.82) is 5.26 Å². The topological polar surface area (TPSA) is 64.9 Å². The average Bonchev–Trinajstić information content (AvgIpc) is 2.48. The molecule has 0 atom stereocenters. The molecule has 0 bridgehead atoms. The second-order valence-electron chi connectivity index (χ2n) is 4.28. The van der Waals surface area contributed by atoms with Gasteiger partial charge in [-0.1, -0.05) is 31.2 Å². The zero-order valence-corrected chi connectivity index (χ0v) is 11.2. The SMILES string of the molecule is CCc1ccccc1NC(=O)Nc1cccc(C#N)c1. The van der Waals surface area contributed by atoms with Crippen molar-refractivity contribution in [3.8, 4) is 6.07 Å². The Bertz CT molecular complexity index is 659. The lowest BCUT2D eigenvalue weighted by atomic mass is 10.1. The van der Waals surface area contributed by atoms with Crippen LogP contribution in [0.3, 0.4) is 0 Å². The van der Waals surface area contributed by atoms with Gasteiger partial charge in [-0.3, -0.25) is 0 Å². The zero-order valence-electron chi connectivity index (χ0n) is 11.2. The van der Waals surface area contributed by atoms with E-state index >= 15 is 0 Å². The summed E-state index contributed by atoms with van der Waals surface area (Å²) in [5, 5.41) is 14.4. The Labute approximate surface area is 118 Å². The van der Waals surface area contributed by atoms with Crippen molar-refractivity contribution in [1.82, 2.24) is 0 Å². The molecule has 0 fully saturated rings. The highest BCUT2D eigenvalue weighted by atomic mass is 16.2. The molecule has 0 aliphatic carbocycles. The van der Waals surface area contributed by atoms with Gasteiger partial charge in [-0.25, -0.2) is 4.79 Å². The molecule has 2 aromatic rings. The molecule has 20 heavy (non-hydrogen) atoms. The van der Waals surface area contributed by atoms with Gasteiger partial charge in [0.15, 0.2) is 0 Å². The fraction of sp³-hybridized carbons (Fsp3) is 0.125. The number of hydrogen-bond donors (Lipinski definition) is 2. The van der Waals surface area contributed by atoms with Gasteiger partial charge in [-0.2, -0.15) is 5.26 Å². The minimum Gasteiger partial charge on any atom is -0.308 e. The molecule has 0 aromatic heterocycles. The summed E-state index contributed by atoms with van der Waals surface area (Å²) < 4.78 is 0. The van der Waals surface area contributed by atoms with E-state index in [1.54, 1.807) is 24.3 Å². The van der Waals surface area contributed by atoms with Gasteiger partial charge in [-0.15, -0.1) is 0 Å². The number of rotatable bonds is 3. The van der Waals surface area contributed by atoms with Crippen LogP contribution in [0.15, 0.2) is 48.5 Å². The van der Waals surface area contributed by atoms with E-state index in [2.05, 4.69) is 10.6 Å². The van der Waals surface area contributed by atoms with E-state index < -0.39 is 0 Å². The molecule has 2 N–H and O–H groups in total. The van der Waals surface area contributed by atoms with Crippen LogP contribution in [0.2, 0.25) is 0 Å². The molecule has 4 heteroatoms. The summed E-state index contributed by atoms with van der Waals surface area (Å²) in [5.74, 6) is 0. The number of para-hydroxylation sites is 1. The number of carbonyl (C=O) groups is 1. The first kappa shape index (κ1) is 13.6. The van der Waals surface area contributed by atoms with Crippen LogP contribution >= 0.6 is 0 Å². The zero-order chi connectivity index (χ0) is 14.4. The second-order valence-corrected chi connectivity index (χ2v) is 4.28. The number of carbonyl (C=O) groups excluding carboxylic acids is 1. The fourth-order valence-corrected chi connectivity index (χ4v) is 1.90. The number of urea groups is 1. The van der Waals surface area contributed by atoms with Crippen LogP contribution in [0.25, 0.3) is 0 Å². The Balaban J connectivity index is 2.07. The van der Waals surface area contributed by atoms with Crippen LogP contribution in [0.4, 0.5) is 16.2 Å². The Hall–Kier alpha value is -2.80. The maximum absolute atomic E-state index is 11.9. The maximum atomic E-state index is 11.9. The van der Waals surface area contributed by atoms with Gasteiger partial charge in [0.05, 0.1) is 11.6 Å². The monoisotopic (exact) mass is 265 g/mol. The third-order valence-electron chi connectivity index (χ3n) is 2.90. The summed E-state index contributed by atoms with van der Waals surface area (Å²) in [6.07, 6.45) is 0.848. The molecular weight excluding hydrogens is 250 g/mol. The van der Waals surface area contributed by atoms with Crippen molar-refractivity contribution in [2.45, 2.75) is 13.3 Å². The molecule has 0 saturated carbocycles. The van der Waals surface area contributed by atoms with Crippen LogP contribution in [0, 0.1) is 11.3 Å². The highest BCUT2D eigenvalue weighted by Crippen LogP contribution is 2.16. The third kappa shape index (κ3) is 3.36. The van der Waals surface area contributed by atoms with Crippen molar-refractivity contribution < 1.29 is 4.79 Å². The Kier molecular flexibility index (Phi) is 4.35. The first-order valence-corrected chi connectivity index (χ1v) is 6.39. The van der Waals surface area contributed by atoms with Crippen LogP contribution in [0.1, 0.15) is 18.1 Å². The van der Waals surface area contributed by atoms with Crippen LogP contribution < -0.4 is 10.6 Å². The Morgan fingerprint density at radius 1 is 1.15 bits per heavy atom. The summed E-state index contributed by atoms with van der Waals surface area (Å²) in [4.78, 5) is 11.9. The lowest BCUT2D eigenvalue weighted by Gasteiger charge is -2.11. The average molecular weight is 265 g/mol. The summed E-state index contributed by atoms with van der Waals surface area (Å²) >= 11 is 0. The van der Waals surface area contributed by atoms with Crippen molar-refractivity contribution in [2.24, 2.45) is 0 Å². The molecule has 0 spiro atoms. The van der Waals surface area contributed by atoms with E-state index in [0.717, 1.165) is 17.7 Å². The highest BCUT2D eigenvalue weighted by Gasteiger charge is 2.05. The van der Waals surface area contributed by atoms with Crippen molar-refractivity contribution in [3.05, 3.63) is 59.7 Å². The number of amides is 2. The predicted molar refractivity (Wildman–Crippen MR) is 79.6 cm³/mol. The predicted octanol–water partition coefficient (Wildman–Crippen LogP) is 3.76. The van der Waals surface area contributed by atoms with Gasteiger partial charge >= 0.3 is 6.03 Å². The number of hydrogen-bond acceptors (Lipinski definition) is 2. The number of nitrogens with zero attached hydrogens (tertiary/aromatic N) is 1. The smallest absolute Gasteiger partial charge is 0.308 e. The van der Waals surface area contributed by atoms with Gasteiger partial charge in [-0.05, 0) is 36.2 Å². The van der Waals surface area contributed by atoms with Crippen molar-refractivity contribution >= 4 is 17.4 Å². The molecule has 0 heterocycles. The number of nitriles is 1. The number of aryl methyl sites for hydroxylation is 1. The lowest BCUT2D eigenvalue weighted by Crippen LogP contribution is -2.20. The van der Waals surface area contributed by atoms with Crippen molar-refractivity contribution in [3.63, 3.8) is 0 Å².